The van der Waals surface area contributed by atoms with Crippen molar-refractivity contribution in [2.45, 2.75) is 25.4 Å². The average molecular weight is 284 g/mol. The Morgan fingerprint density at radius 3 is 1.95 bits per heavy atom. The van der Waals surface area contributed by atoms with Crippen molar-refractivity contribution in [2.24, 2.45) is 0 Å². The summed E-state index contributed by atoms with van der Waals surface area (Å²) in [6.07, 6.45) is 0. The van der Waals surface area contributed by atoms with Gasteiger partial charge in [-0.3, -0.25) is 0 Å². The Balaban J connectivity index is 2.06. The van der Waals surface area contributed by atoms with Crippen molar-refractivity contribution in [2.75, 3.05) is 13.2 Å². The van der Waals surface area contributed by atoms with E-state index in [1.165, 1.54) is 0 Å². The van der Waals surface area contributed by atoms with Gasteiger partial charge in [0.25, 0.3) is 5.97 Å². The smallest absolute Gasteiger partial charge is 0.281 e. The van der Waals surface area contributed by atoms with Crippen LogP contribution in [0.3, 0.4) is 0 Å². The molecule has 0 N–H and O–H groups in total. The zero-order chi connectivity index (χ0) is 14.8. The second-order valence-electron chi connectivity index (χ2n) is 5.25. The fourth-order valence-corrected chi connectivity index (χ4v) is 2.81. The maximum atomic E-state index is 6.30. The molecule has 0 aliphatic carbocycles. The quantitative estimate of drug-likeness (QED) is 0.857. The highest BCUT2D eigenvalue weighted by atomic mass is 16.9. The molecule has 0 saturated carbocycles. The third-order valence-corrected chi connectivity index (χ3v) is 3.78. The Hall–Kier alpha value is -1.68. The molecule has 3 nitrogen and oxygen atoms in total. The number of benzene rings is 2. The summed E-state index contributed by atoms with van der Waals surface area (Å²) in [5, 5.41) is 0. The maximum Gasteiger partial charge on any atom is 0.281 e. The lowest BCUT2D eigenvalue weighted by molar-refractivity contribution is -0.331. The summed E-state index contributed by atoms with van der Waals surface area (Å²) >= 11 is 0. The van der Waals surface area contributed by atoms with Crippen molar-refractivity contribution in [3.05, 3.63) is 71.8 Å². The first-order valence-corrected chi connectivity index (χ1v) is 7.28. The molecule has 1 unspecified atom stereocenters. The summed E-state index contributed by atoms with van der Waals surface area (Å²) in [5.74, 6) is -1.01. The predicted octanol–water partition coefficient (Wildman–Crippen LogP) is 3.69. The van der Waals surface area contributed by atoms with Crippen LogP contribution in [0.5, 0.6) is 0 Å². The molecule has 1 saturated heterocycles. The Morgan fingerprint density at radius 1 is 0.952 bits per heavy atom. The zero-order valence-electron chi connectivity index (χ0n) is 12.4. The van der Waals surface area contributed by atoms with E-state index < -0.39 is 11.6 Å². The molecular formula is C18H20O3. The molecule has 3 heteroatoms. The standard InChI is InChI=1S/C18H20O3/c1-3-19-17(2)20-14-18(21-17,15-10-6-4-7-11-15)16-12-8-5-9-13-16/h4-13H,3,14H2,1-2H3. The second kappa shape index (κ2) is 5.60. The van der Waals surface area contributed by atoms with Gasteiger partial charge in [-0.25, -0.2) is 0 Å². The molecule has 2 aromatic rings. The molecule has 2 aromatic carbocycles. The molecule has 110 valence electrons. The van der Waals surface area contributed by atoms with Gasteiger partial charge in [-0.2, -0.15) is 0 Å². The van der Waals surface area contributed by atoms with Gasteiger partial charge in [0.05, 0.1) is 6.61 Å². The number of hydrogen-bond acceptors (Lipinski definition) is 3. The van der Waals surface area contributed by atoms with E-state index in [0.29, 0.717) is 13.2 Å². The lowest BCUT2D eigenvalue weighted by atomic mass is 9.87. The lowest BCUT2D eigenvalue weighted by Crippen LogP contribution is -2.36. The van der Waals surface area contributed by atoms with Gasteiger partial charge in [0.1, 0.15) is 5.60 Å². The van der Waals surface area contributed by atoms with E-state index in [1.54, 1.807) is 0 Å². The molecule has 0 radical (unpaired) electrons. The van der Waals surface area contributed by atoms with Crippen molar-refractivity contribution >= 4 is 0 Å². The monoisotopic (exact) mass is 284 g/mol. The molecule has 21 heavy (non-hydrogen) atoms. The van der Waals surface area contributed by atoms with Gasteiger partial charge in [-0.15, -0.1) is 0 Å². The van der Waals surface area contributed by atoms with Gasteiger partial charge in [-0.05, 0) is 18.1 Å². The van der Waals surface area contributed by atoms with E-state index in [4.69, 9.17) is 14.2 Å². The molecule has 0 bridgehead atoms. The third kappa shape index (κ3) is 2.60. The minimum absolute atomic E-state index is 0.428. The average Bonchev–Trinajstić information content (AvgIpc) is 2.89. The van der Waals surface area contributed by atoms with Crippen LogP contribution in [-0.2, 0) is 19.8 Å². The molecule has 1 aliphatic heterocycles. The van der Waals surface area contributed by atoms with Gasteiger partial charge in [0.2, 0.25) is 0 Å². The molecule has 0 aromatic heterocycles. The molecule has 1 heterocycles. The van der Waals surface area contributed by atoms with Crippen molar-refractivity contribution in [3.63, 3.8) is 0 Å². The van der Waals surface area contributed by atoms with E-state index in [0.717, 1.165) is 11.1 Å². The summed E-state index contributed by atoms with van der Waals surface area (Å²) in [5.41, 5.74) is 1.51. The van der Waals surface area contributed by atoms with E-state index in [1.807, 2.05) is 50.2 Å². The van der Waals surface area contributed by atoms with Crippen molar-refractivity contribution in [3.8, 4) is 0 Å². The van der Waals surface area contributed by atoms with Crippen LogP contribution in [-0.4, -0.2) is 19.2 Å². The summed E-state index contributed by atoms with van der Waals surface area (Å²) in [4.78, 5) is 0. The molecule has 3 rings (SSSR count). The number of ether oxygens (including phenoxy) is 3. The Kier molecular flexibility index (Phi) is 3.81. The van der Waals surface area contributed by atoms with Crippen LogP contribution in [0.1, 0.15) is 25.0 Å². The van der Waals surface area contributed by atoms with Crippen LogP contribution >= 0.6 is 0 Å². The topological polar surface area (TPSA) is 27.7 Å². The Labute approximate surface area is 125 Å². The molecule has 1 fully saturated rings. The summed E-state index contributed by atoms with van der Waals surface area (Å²) in [6.45, 7) is 4.72. The van der Waals surface area contributed by atoms with Gasteiger partial charge >= 0.3 is 0 Å². The SMILES string of the molecule is CCOC1(C)OCC(c2ccccc2)(c2ccccc2)O1. The molecule has 1 atom stereocenters. The van der Waals surface area contributed by atoms with Gasteiger partial charge < -0.3 is 14.2 Å². The maximum absolute atomic E-state index is 6.30. The largest absolute Gasteiger partial charge is 0.328 e. The van der Waals surface area contributed by atoms with Crippen LogP contribution < -0.4 is 0 Å². The fourth-order valence-electron chi connectivity index (χ4n) is 2.81. The Bertz CT molecular complexity index is 542. The van der Waals surface area contributed by atoms with Crippen LogP contribution in [0.15, 0.2) is 60.7 Å². The van der Waals surface area contributed by atoms with Crippen LogP contribution in [0, 0.1) is 0 Å². The first-order valence-electron chi connectivity index (χ1n) is 7.28. The normalized spacial score (nSPS) is 24.1. The lowest BCUT2D eigenvalue weighted by Gasteiger charge is -2.31. The van der Waals surface area contributed by atoms with E-state index >= 15 is 0 Å². The number of rotatable bonds is 4. The van der Waals surface area contributed by atoms with Crippen LogP contribution in [0.25, 0.3) is 0 Å². The first-order chi connectivity index (χ1) is 10.2. The van der Waals surface area contributed by atoms with E-state index in [2.05, 4.69) is 24.3 Å². The van der Waals surface area contributed by atoms with Crippen molar-refractivity contribution in [1.29, 1.82) is 0 Å². The van der Waals surface area contributed by atoms with Gasteiger partial charge in [0, 0.05) is 13.5 Å². The van der Waals surface area contributed by atoms with Crippen LogP contribution in [0.4, 0.5) is 0 Å². The highest BCUT2D eigenvalue weighted by molar-refractivity contribution is 5.37. The van der Waals surface area contributed by atoms with Gasteiger partial charge in [-0.1, -0.05) is 60.7 Å². The molecular weight excluding hydrogens is 264 g/mol. The molecule has 0 amide bonds. The predicted molar refractivity (Wildman–Crippen MR) is 80.7 cm³/mol. The summed E-state index contributed by atoms with van der Waals surface area (Å²) < 4.78 is 17.8. The third-order valence-electron chi connectivity index (χ3n) is 3.78. The summed E-state index contributed by atoms with van der Waals surface area (Å²) in [6, 6.07) is 20.3. The highest BCUT2D eigenvalue weighted by Gasteiger charge is 2.51. The fraction of sp³-hybridized carbons (Fsp3) is 0.333. The van der Waals surface area contributed by atoms with Crippen molar-refractivity contribution < 1.29 is 14.2 Å². The number of hydrogen-bond donors (Lipinski definition) is 0. The Morgan fingerprint density at radius 2 is 1.48 bits per heavy atom. The first kappa shape index (κ1) is 14.3. The van der Waals surface area contributed by atoms with Gasteiger partial charge in [0.15, 0.2) is 0 Å². The summed E-state index contributed by atoms with van der Waals surface area (Å²) in [7, 11) is 0. The van der Waals surface area contributed by atoms with E-state index in [9.17, 15) is 0 Å². The van der Waals surface area contributed by atoms with Crippen molar-refractivity contribution in [1.82, 2.24) is 0 Å². The highest BCUT2D eigenvalue weighted by Crippen LogP contribution is 2.44. The molecule has 0 spiro atoms. The second-order valence-corrected chi connectivity index (χ2v) is 5.25. The minimum atomic E-state index is -1.01. The van der Waals surface area contributed by atoms with E-state index in [-0.39, 0.29) is 0 Å². The molecule has 1 aliphatic rings. The van der Waals surface area contributed by atoms with Crippen LogP contribution in [0.2, 0.25) is 0 Å². The minimum Gasteiger partial charge on any atom is -0.328 e. The zero-order valence-corrected chi connectivity index (χ0v) is 12.4.